The minimum absolute atomic E-state index is 0.178. The summed E-state index contributed by atoms with van der Waals surface area (Å²) in [6.45, 7) is 1.35. The number of benzene rings is 1. The molecule has 0 radical (unpaired) electrons. The number of rotatable bonds is 4. The van der Waals surface area contributed by atoms with Crippen LogP contribution in [0, 0.1) is 0 Å². The van der Waals surface area contributed by atoms with Gasteiger partial charge in [0.2, 0.25) is 5.91 Å². The molecule has 0 aliphatic carbocycles. The Balaban J connectivity index is 1.98. The smallest absolute Gasteiger partial charge is 0.248 e. The van der Waals surface area contributed by atoms with Crippen LogP contribution in [-0.2, 0) is 4.74 Å². The van der Waals surface area contributed by atoms with E-state index in [0.717, 1.165) is 23.9 Å². The summed E-state index contributed by atoms with van der Waals surface area (Å²) in [5, 5.41) is 0. The second-order valence-electron chi connectivity index (χ2n) is 3.96. The van der Waals surface area contributed by atoms with Crippen LogP contribution in [0.1, 0.15) is 23.2 Å². The lowest BCUT2D eigenvalue weighted by molar-refractivity contribution is 0.0677. The van der Waals surface area contributed by atoms with Crippen LogP contribution in [-0.4, -0.2) is 25.2 Å². The molecule has 1 heterocycles. The summed E-state index contributed by atoms with van der Waals surface area (Å²) >= 11 is 3.35. The number of nitrogens with two attached hydrogens (primary N) is 1. The Kier molecular flexibility index (Phi) is 4.02. The van der Waals surface area contributed by atoms with Gasteiger partial charge in [-0.1, -0.05) is 0 Å². The zero-order valence-electron chi connectivity index (χ0n) is 9.32. The minimum Gasteiger partial charge on any atom is -0.490 e. The first-order chi connectivity index (χ1) is 8.16. The van der Waals surface area contributed by atoms with Gasteiger partial charge in [-0.05, 0) is 47.0 Å². The highest BCUT2D eigenvalue weighted by molar-refractivity contribution is 9.10. The van der Waals surface area contributed by atoms with Gasteiger partial charge in [0.15, 0.2) is 0 Å². The number of hydrogen-bond acceptors (Lipinski definition) is 3. The maximum atomic E-state index is 11.0. The second kappa shape index (κ2) is 5.51. The summed E-state index contributed by atoms with van der Waals surface area (Å²) in [5.41, 5.74) is 5.65. The monoisotopic (exact) mass is 299 g/mol. The lowest BCUT2D eigenvalue weighted by Gasteiger charge is -2.12. The van der Waals surface area contributed by atoms with Gasteiger partial charge in [0.25, 0.3) is 0 Å². The number of halogens is 1. The van der Waals surface area contributed by atoms with Gasteiger partial charge < -0.3 is 15.2 Å². The summed E-state index contributed by atoms with van der Waals surface area (Å²) in [6, 6.07) is 5.05. The highest BCUT2D eigenvalue weighted by Crippen LogP contribution is 2.26. The number of amides is 1. The van der Waals surface area contributed by atoms with E-state index in [4.69, 9.17) is 15.2 Å². The molecular formula is C12H14BrNO3. The van der Waals surface area contributed by atoms with Crippen LogP contribution in [0.5, 0.6) is 5.75 Å². The van der Waals surface area contributed by atoms with E-state index in [1.54, 1.807) is 18.2 Å². The van der Waals surface area contributed by atoms with Gasteiger partial charge in [0.05, 0.1) is 10.6 Å². The topological polar surface area (TPSA) is 61.6 Å². The maximum Gasteiger partial charge on any atom is 0.248 e. The summed E-state index contributed by atoms with van der Waals surface area (Å²) in [6.07, 6.45) is 2.31. The third-order valence-electron chi connectivity index (χ3n) is 2.67. The molecule has 1 amide bonds. The summed E-state index contributed by atoms with van der Waals surface area (Å²) < 4.78 is 11.8. The number of ether oxygens (including phenoxy) is 2. The van der Waals surface area contributed by atoms with Crippen molar-refractivity contribution in [3.63, 3.8) is 0 Å². The molecule has 0 unspecified atom stereocenters. The van der Waals surface area contributed by atoms with Crippen molar-refractivity contribution in [1.82, 2.24) is 0 Å². The predicted molar refractivity (Wildman–Crippen MR) is 67.1 cm³/mol. The average molecular weight is 300 g/mol. The van der Waals surface area contributed by atoms with Crippen molar-refractivity contribution in [2.75, 3.05) is 13.2 Å². The Hall–Kier alpha value is -1.07. The van der Waals surface area contributed by atoms with E-state index in [2.05, 4.69) is 15.9 Å². The molecule has 1 aliphatic rings. The molecular weight excluding hydrogens is 286 g/mol. The van der Waals surface area contributed by atoms with Crippen molar-refractivity contribution in [2.24, 2.45) is 5.73 Å². The molecule has 1 fully saturated rings. The van der Waals surface area contributed by atoms with Crippen LogP contribution in [0.25, 0.3) is 0 Å². The van der Waals surface area contributed by atoms with Crippen molar-refractivity contribution >= 4 is 21.8 Å². The molecule has 1 aromatic rings. The molecule has 0 saturated carbocycles. The molecule has 5 heteroatoms. The van der Waals surface area contributed by atoms with Gasteiger partial charge in [-0.25, -0.2) is 0 Å². The van der Waals surface area contributed by atoms with Crippen molar-refractivity contribution < 1.29 is 14.3 Å². The molecule has 1 saturated heterocycles. The Morgan fingerprint density at radius 3 is 3.00 bits per heavy atom. The largest absolute Gasteiger partial charge is 0.490 e. The van der Waals surface area contributed by atoms with Crippen molar-refractivity contribution in [2.45, 2.75) is 18.9 Å². The van der Waals surface area contributed by atoms with Crippen molar-refractivity contribution in [3.05, 3.63) is 28.2 Å². The first kappa shape index (κ1) is 12.4. The molecule has 17 heavy (non-hydrogen) atoms. The summed E-state index contributed by atoms with van der Waals surface area (Å²) in [4.78, 5) is 11.0. The van der Waals surface area contributed by atoms with Gasteiger partial charge in [-0.2, -0.15) is 0 Å². The average Bonchev–Trinajstić information content (AvgIpc) is 2.80. The van der Waals surface area contributed by atoms with Crippen molar-refractivity contribution in [1.29, 1.82) is 0 Å². The third kappa shape index (κ3) is 3.20. The highest BCUT2D eigenvalue weighted by Gasteiger charge is 2.16. The summed E-state index contributed by atoms with van der Waals surface area (Å²) in [7, 11) is 0. The SMILES string of the molecule is NC(=O)c1ccc(OC[C@H]2CCCO2)c(Br)c1. The normalized spacial score (nSPS) is 19.2. The van der Waals surface area contributed by atoms with Gasteiger partial charge in [0.1, 0.15) is 12.4 Å². The van der Waals surface area contributed by atoms with E-state index in [-0.39, 0.29) is 6.10 Å². The number of carbonyl (C=O) groups excluding carboxylic acids is 1. The maximum absolute atomic E-state index is 11.0. The number of hydrogen-bond donors (Lipinski definition) is 1. The molecule has 1 aliphatic heterocycles. The van der Waals surface area contributed by atoms with E-state index in [1.165, 1.54) is 0 Å². The van der Waals surface area contributed by atoms with E-state index in [1.807, 2.05) is 0 Å². The highest BCUT2D eigenvalue weighted by atomic mass is 79.9. The summed E-state index contributed by atoms with van der Waals surface area (Å²) in [5.74, 6) is 0.252. The molecule has 0 bridgehead atoms. The first-order valence-electron chi connectivity index (χ1n) is 5.50. The fraction of sp³-hybridized carbons (Fsp3) is 0.417. The molecule has 0 aromatic heterocycles. The lowest BCUT2D eigenvalue weighted by atomic mass is 10.2. The second-order valence-corrected chi connectivity index (χ2v) is 4.81. The molecule has 0 spiro atoms. The van der Waals surface area contributed by atoms with E-state index in [9.17, 15) is 4.79 Å². The van der Waals surface area contributed by atoms with Gasteiger partial charge >= 0.3 is 0 Å². The van der Waals surface area contributed by atoms with Gasteiger partial charge in [-0.15, -0.1) is 0 Å². The van der Waals surface area contributed by atoms with Crippen LogP contribution >= 0.6 is 15.9 Å². The Bertz CT molecular complexity index is 416. The van der Waals surface area contributed by atoms with Crippen LogP contribution in [0.2, 0.25) is 0 Å². The standard InChI is InChI=1S/C12H14BrNO3/c13-10-6-8(12(14)15)3-4-11(10)17-7-9-2-1-5-16-9/h3-4,6,9H,1-2,5,7H2,(H2,14,15)/t9-/m1/s1. The van der Waals surface area contributed by atoms with Crippen LogP contribution < -0.4 is 10.5 Å². The Morgan fingerprint density at radius 1 is 1.59 bits per heavy atom. The van der Waals surface area contributed by atoms with Gasteiger partial charge in [-0.3, -0.25) is 4.79 Å². The molecule has 2 rings (SSSR count). The predicted octanol–water partition coefficient (Wildman–Crippen LogP) is 2.11. The van der Waals surface area contributed by atoms with E-state index < -0.39 is 5.91 Å². The number of primary amides is 1. The first-order valence-corrected chi connectivity index (χ1v) is 6.30. The zero-order chi connectivity index (χ0) is 12.3. The third-order valence-corrected chi connectivity index (χ3v) is 3.28. The van der Waals surface area contributed by atoms with Gasteiger partial charge in [0, 0.05) is 12.2 Å². The van der Waals surface area contributed by atoms with Crippen LogP contribution in [0.15, 0.2) is 22.7 Å². The molecule has 2 N–H and O–H groups in total. The van der Waals surface area contributed by atoms with E-state index in [0.29, 0.717) is 17.9 Å². The quantitative estimate of drug-likeness (QED) is 0.926. The van der Waals surface area contributed by atoms with E-state index >= 15 is 0 Å². The molecule has 92 valence electrons. The number of carbonyl (C=O) groups is 1. The van der Waals surface area contributed by atoms with Crippen molar-refractivity contribution in [3.8, 4) is 5.75 Å². The van der Waals surface area contributed by atoms with Crippen LogP contribution in [0.4, 0.5) is 0 Å². The zero-order valence-corrected chi connectivity index (χ0v) is 10.9. The minimum atomic E-state index is -0.448. The fourth-order valence-electron chi connectivity index (χ4n) is 1.73. The lowest BCUT2D eigenvalue weighted by Crippen LogP contribution is -2.16. The molecule has 4 nitrogen and oxygen atoms in total. The Labute approximate surface area is 108 Å². The Morgan fingerprint density at radius 2 is 2.41 bits per heavy atom. The van der Waals surface area contributed by atoms with Crippen LogP contribution in [0.3, 0.4) is 0 Å². The fourth-order valence-corrected chi connectivity index (χ4v) is 2.22. The molecule has 1 atom stereocenters. The molecule has 1 aromatic carbocycles.